The summed E-state index contributed by atoms with van der Waals surface area (Å²) in [6.45, 7) is 17.7. The van der Waals surface area contributed by atoms with Gasteiger partial charge >= 0.3 is 0 Å². The Morgan fingerprint density at radius 1 is 1.00 bits per heavy atom. The highest BCUT2D eigenvalue weighted by Gasteiger charge is 2.47. The molecule has 4 fully saturated rings. The van der Waals surface area contributed by atoms with Crippen LogP contribution in [0.5, 0.6) is 0 Å². The summed E-state index contributed by atoms with van der Waals surface area (Å²) in [6.07, 6.45) is 5.51. The highest BCUT2D eigenvalue weighted by atomic mass is 16.7. The van der Waals surface area contributed by atoms with Gasteiger partial charge in [-0.25, -0.2) is 0 Å². The van der Waals surface area contributed by atoms with E-state index < -0.39 is 11.8 Å². The van der Waals surface area contributed by atoms with Gasteiger partial charge < -0.3 is 24.2 Å². The minimum absolute atomic E-state index is 0.0140. The molecule has 0 aromatic heterocycles. The van der Waals surface area contributed by atoms with Gasteiger partial charge in [0.05, 0.1) is 19.3 Å². The van der Waals surface area contributed by atoms with Gasteiger partial charge in [-0.15, -0.1) is 0 Å². The van der Waals surface area contributed by atoms with Crippen LogP contribution < -0.4 is 0 Å². The van der Waals surface area contributed by atoms with Crippen molar-refractivity contribution in [3.8, 4) is 0 Å². The van der Waals surface area contributed by atoms with Crippen molar-refractivity contribution in [1.29, 1.82) is 0 Å². The van der Waals surface area contributed by atoms with Crippen LogP contribution >= 0.6 is 0 Å². The van der Waals surface area contributed by atoms with E-state index in [0.717, 1.165) is 32.7 Å². The lowest BCUT2D eigenvalue weighted by molar-refractivity contribution is -0.303. The fraction of sp³-hybridized carbons (Fsp3) is 0.931. The first kappa shape index (κ1) is 28.8. The van der Waals surface area contributed by atoms with E-state index in [-0.39, 0.29) is 23.9 Å². The third-order valence-corrected chi connectivity index (χ3v) is 8.88. The Hall–Kier alpha value is -1.22. The van der Waals surface area contributed by atoms with Gasteiger partial charge in [0.1, 0.15) is 6.04 Å². The van der Waals surface area contributed by atoms with Gasteiger partial charge in [0.25, 0.3) is 0 Å². The summed E-state index contributed by atoms with van der Waals surface area (Å²) in [4.78, 5) is 36.3. The molecule has 0 aromatic rings. The molecule has 3 atom stereocenters. The second kappa shape index (κ2) is 12.3. The zero-order valence-corrected chi connectivity index (χ0v) is 24.3. The highest BCUT2D eigenvalue weighted by Crippen LogP contribution is 2.36. The predicted molar refractivity (Wildman–Crippen MR) is 145 cm³/mol. The average molecular weight is 521 g/mol. The second-order valence-corrected chi connectivity index (χ2v) is 13.0. The van der Waals surface area contributed by atoms with Crippen molar-refractivity contribution < 1.29 is 19.1 Å². The smallest absolute Gasteiger partial charge is 0.245 e. The topological polar surface area (TPSA) is 65.6 Å². The van der Waals surface area contributed by atoms with E-state index in [1.165, 1.54) is 25.9 Å². The number of hydrogen-bond acceptors (Lipinski definition) is 6. The highest BCUT2D eigenvalue weighted by molar-refractivity contribution is 5.90. The Labute approximate surface area is 225 Å². The van der Waals surface area contributed by atoms with Crippen LogP contribution in [0.2, 0.25) is 0 Å². The molecule has 0 unspecified atom stereocenters. The molecule has 4 aliphatic rings. The number of piperazine rings is 1. The van der Waals surface area contributed by atoms with Crippen LogP contribution in [0.25, 0.3) is 0 Å². The molecule has 8 nitrogen and oxygen atoms in total. The lowest BCUT2D eigenvalue weighted by Crippen LogP contribution is -2.64. The SMILES string of the molecule is CC(C)C[C@H]1C(=O)N([C@@H](CC(C)C)C(=O)N2CC[C@]3(C[C@@H]2C)OC[C@H](CN2CCCC2)CO3)CCN1C. The lowest BCUT2D eigenvalue weighted by atomic mass is 9.92. The zero-order valence-electron chi connectivity index (χ0n) is 24.3. The van der Waals surface area contributed by atoms with E-state index >= 15 is 0 Å². The van der Waals surface area contributed by atoms with Gasteiger partial charge in [-0.3, -0.25) is 14.5 Å². The van der Waals surface area contributed by atoms with E-state index in [4.69, 9.17) is 9.47 Å². The van der Waals surface area contributed by atoms with Crippen molar-refractivity contribution in [3.63, 3.8) is 0 Å². The molecule has 37 heavy (non-hydrogen) atoms. The van der Waals surface area contributed by atoms with E-state index in [2.05, 4.69) is 44.4 Å². The van der Waals surface area contributed by atoms with Crippen LogP contribution in [0.1, 0.15) is 73.1 Å². The summed E-state index contributed by atoms with van der Waals surface area (Å²) in [5, 5.41) is 0. The van der Waals surface area contributed by atoms with Crippen LogP contribution in [-0.4, -0.2) is 115 Å². The molecule has 0 N–H and O–H groups in total. The van der Waals surface area contributed by atoms with Gasteiger partial charge in [0.2, 0.25) is 11.8 Å². The number of likely N-dealkylation sites (N-methyl/N-ethyl adjacent to an activating group) is 1. The fourth-order valence-corrected chi connectivity index (χ4v) is 6.78. The van der Waals surface area contributed by atoms with Crippen LogP contribution in [0.3, 0.4) is 0 Å². The third-order valence-electron chi connectivity index (χ3n) is 8.88. The van der Waals surface area contributed by atoms with Crippen molar-refractivity contribution in [3.05, 3.63) is 0 Å². The van der Waals surface area contributed by atoms with E-state index in [0.29, 0.717) is 50.1 Å². The summed E-state index contributed by atoms with van der Waals surface area (Å²) in [7, 11) is 2.04. The first-order chi connectivity index (χ1) is 17.6. The van der Waals surface area contributed by atoms with Crippen LogP contribution in [0.15, 0.2) is 0 Å². The Bertz CT molecular complexity index is 776. The standard InChI is InChI=1S/C29H52N4O4/c1-21(2)15-25-27(34)33(14-13-30(25)6)26(16-22(3)4)28(35)32-12-9-29(17-23(32)5)36-19-24(20-37-29)18-31-10-7-8-11-31/h21-26H,7-20H2,1-6H3/t23-,24-,25-,26-,29-/m0/s1. The molecule has 0 bridgehead atoms. The van der Waals surface area contributed by atoms with E-state index in [1.54, 1.807) is 0 Å². The first-order valence-electron chi connectivity index (χ1n) is 14.9. The predicted octanol–water partition coefficient (Wildman–Crippen LogP) is 3.06. The fourth-order valence-electron chi connectivity index (χ4n) is 6.78. The molecular formula is C29H52N4O4. The molecule has 2 amide bonds. The lowest BCUT2D eigenvalue weighted by Gasteiger charge is -2.50. The van der Waals surface area contributed by atoms with Crippen LogP contribution in [0.4, 0.5) is 0 Å². The van der Waals surface area contributed by atoms with Crippen molar-refractivity contribution in [2.45, 2.75) is 97.1 Å². The molecule has 4 saturated heterocycles. The van der Waals surface area contributed by atoms with Crippen molar-refractivity contribution in [1.82, 2.24) is 19.6 Å². The van der Waals surface area contributed by atoms with Crippen molar-refractivity contribution in [2.24, 2.45) is 17.8 Å². The molecule has 0 saturated carbocycles. The number of piperidine rings is 1. The maximum atomic E-state index is 14.0. The number of ether oxygens (including phenoxy) is 2. The quantitative estimate of drug-likeness (QED) is 0.490. The Morgan fingerprint density at radius 3 is 2.27 bits per heavy atom. The molecule has 1 spiro atoms. The Balaban J connectivity index is 1.38. The van der Waals surface area contributed by atoms with Crippen molar-refractivity contribution in [2.75, 3.05) is 59.5 Å². The summed E-state index contributed by atoms with van der Waals surface area (Å²) < 4.78 is 12.8. The molecule has 4 heterocycles. The van der Waals surface area contributed by atoms with Crippen molar-refractivity contribution >= 4 is 11.8 Å². The molecule has 4 aliphatic heterocycles. The number of hydrogen-bond donors (Lipinski definition) is 0. The average Bonchev–Trinajstić information content (AvgIpc) is 3.35. The van der Waals surface area contributed by atoms with Gasteiger partial charge in [0.15, 0.2) is 5.79 Å². The molecule has 8 heteroatoms. The number of amides is 2. The largest absolute Gasteiger partial charge is 0.349 e. The summed E-state index contributed by atoms with van der Waals surface area (Å²) >= 11 is 0. The second-order valence-electron chi connectivity index (χ2n) is 13.0. The maximum Gasteiger partial charge on any atom is 0.245 e. The van der Waals surface area contributed by atoms with Gasteiger partial charge in [0, 0.05) is 51.0 Å². The molecular weight excluding hydrogens is 468 g/mol. The minimum Gasteiger partial charge on any atom is -0.349 e. The van der Waals surface area contributed by atoms with Gasteiger partial charge in [-0.05, 0) is 64.6 Å². The third kappa shape index (κ3) is 6.87. The Morgan fingerprint density at radius 2 is 1.68 bits per heavy atom. The number of rotatable bonds is 8. The van der Waals surface area contributed by atoms with E-state index in [9.17, 15) is 9.59 Å². The van der Waals surface area contributed by atoms with Gasteiger partial charge in [-0.2, -0.15) is 0 Å². The molecule has 212 valence electrons. The first-order valence-corrected chi connectivity index (χ1v) is 14.9. The molecule has 0 radical (unpaired) electrons. The monoisotopic (exact) mass is 520 g/mol. The van der Waals surface area contributed by atoms with E-state index in [1.807, 2.05) is 16.8 Å². The number of nitrogens with zero attached hydrogens (tertiary/aromatic N) is 4. The summed E-state index contributed by atoms with van der Waals surface area (Å²) in [5.41, 5.74) is 0. The molecule has 0 aromatic carbocycles. The number of carbonyl (C=O) groups excluding carboxylic acids is 2. The summed E-state index contributed by atoms with van der Waals surface area (Å²) in [6, 6.07) is -0.527. The summed E-state index contributed by atoms with van der Waals surface area (Å²) in [5.74, 6) is 0.826. The number of carbonyl (C=O) groups is 2. The Kier molecular flexibility index (Phi) is 9.58. The normalized spacial score (nSPS) is 33.2. The minimum atomic E-state index is -0.572. The van der Waals surface area contributed by atoms with Crippen LogP contribution in [0, 0.1) is 17.8 Å². The number of likely N-dealkylation sites (tertiary alicyclic amines) is 2. The zero-order chi connectivity index (χ0) is 26.7. The van der Waals surface area contributed by atoms with Gasteiger partial charge in [-0.1, -0.05) is 27.7 Å². The molecule has 4 rings (SSSR count). The molecule has 0 aliphatic carbocycles. The maximum absolute atomic E-state index is 14.0. The van der Waals surface area contributed by atoms with Crippen LogP contribution in [-0.2, 0) is 19.1 Å².